The lowest BCUT2D eigenvalue weighted by Crippen LogP contribution is -2.41. The highest BCUT2D eigenvalue weighted by molar-refractivity contribution is 5.80. The monoisotopic (exact) mass is 511 g/mol. The zero-order valence-corrected chi connectivity index (χ0v) is 18.8. The fourth-order valence-electron chi connectivity index (χ4n) is 3.07. The number of benzene rings is 2. The van der Waals surface area contributed by atoms with Crippen LogP contribution >= 0.6 is 0 Å². The fraction of sp³-hybridized carbons (Fsp3) is 0.227. The standard InChI is InChI=1S/C22H17F4N3O7/c1-11(30)12(2)35-16-6-4-5-7-17(16)36-18-9-14(13(23)8-15(18)29(33)34)28-20(31)10-19(22(24,25)26)27(3)21(28)32/h4-10,12H,1-3H3. The quantitative estimate of drug-likeness (QED) is 0.269. The average molecular weight is 511 g/mol. The van der Waals surface area contributed by atoms with Crippen molar-refractivity contribution in [2.75, 3.05) is 0 Å². The topological polar surface area (TPSA) is 123 Å². The Balaban J connectivity index is 2.21. The highest BCUT2D eigenvalue weighted by Gasteiger charge is 2.35. The molecule has 1 unspecified atom stereocenters. The summed E-state index contributed by atoms with van der Waals surface area (Å²) in [7, 11) is 0.728. The molecule has 14 heteroatoms. The third kappa shape index (κ3) is 5.11. The number of hydrogen-bond donors (Lipinski definition) is 0. The predicted molar refractivity (Wildman–Crippen MR) is 116 cm³/mol. The van der Waals surface area contributed by atoms with Crippen molar-refractivity contribution in [1.29, 1.82) is 0 Å². The van der Waals surface area contributed by atoms with Gasteiger partial charge in [-0.2, -0.15) is 13.2 Å². The van der Waals surface area contributed by atoms with Gasteiger partial charge in [0.15, 0.2) is 29.2 Å². The Labute approximate surface area is 199 Å². The lowest BCUT2D eigenvalue weighted by Gasteiger charge is -2.17. The van der Waals surface area contributed by atoms with E-state index in [1.54, 1.807) is 0 Å². The van der Waals surface area contributed by atoms with Gasteiger partial charge in [0, 0.05) is 19.2 Å². The van der Waals surface area contributed by atoms with Gasteiger partial charge in [0.1, 0.15) is 5.69 Å². The zero-order chi connectivity index (χ0) is 26.9. The number of aromatic nitrogens is 2. The van der Waals surface area contributed by atoms with E-state index in [0.717, 1.165) is 7.05 Å². The van der Waals surface area contributed by atoms with Crippen LogP contribution in [0.4, 0.5) is 23.2 Å². The summed E-state index contributed by atoms with van der Waals surface area (Å²) in [6.07, 6.45) is -5.96. The van der Waals surface area contributed by atoms with Crippen molar-refractivity contribution in [2.24, 2.45) is 7.05 Å². The molecular formula is C22H17F4N3O7. The molecule has 36 heavy (non-hydrogen) atoms. The van der Waals surface area contributed by atoms with Gasteiger partial charge in [0.2, 0.25) is 5.75 Å². The molecule has 0 fully saturated rings. The van der Waals surface area contributed by atoms with Crippen LogP contribution in [-0.4, -0.2) is 25.9 Å². The number of nitrogens with zero attached hydrogens (tertiary/aromatic N) is 3. The number of ketones is 1. The number of carbonyl (C=O) groups is 1. The Morgan fingerprint density at radius 1 is 1.08 bits per heavy atom. The average Bonchev–Trinajstić information content (AvgIpc) is 2.78. The van der Waals surface area contributed by atoms with Gasteiger partial charge in [-0.3, -0.25) is 24.3 Å². The molecule has 3 aromatic rings. The summed E-state index contributed by atoms with van der Waals surface area (Å²) < 4.78 is 65.4. The van der Waals surface area contributed by atoms with E-state index in [9.17, 15) is 42.1 Å². The normalized spacial score (nSPS) is 12.2. The molecule has 0 aliphatic rings. The van der Waals surface area contributed by atoms with Crippen molar-refractivity contribution in [1.82, 2.24) is 9.13 Å². The molecule has 0 amide bonds. The molecular weight excluding hydrogens is 494 g/mol. The molecule has 0 saturated carbocycles. The van der Waals surface area contributed by atoms with E-state index >= 15 is 0 Å². The first-order valence-corrected chi connectivity index (χ1v) is 10.0. The first kappa shape index (κ1) is 26.1. The second kappa shape index (κ2) is 9.64. The number of hydrogen-bond acceptors (Lipinski definition) is 7. The molecule has 1 atom stereocenters. The number of nitro benzene ring substituents is 1. The van der Waals surface area contributed by atoms with Crippen molar-refractivity contribution < 1.29 is 36.8 Å². The number of halogens is 4. The molecule has 190 valence electrons. The van der Waals surface area contributed by atoms with Crippen LogP contribution < -0.4 is 20.7 Å². The molecule has 0 aliphatic carbocycles. The minimum atomic E-state index is -5.05. The summed E-state index contributed by atoms with van der Waals surface area (Å²) in [5, 5.41) is 11.5. The van der Waals surface area contributed by atoms with Gasteiger partial charge in [-0.1, -0.05) is 12.1 Å². The molecule has 1 aromatic heterocycles. The van der Waals surface area contributed by atoms with Gasteiger partial charge >= 0.3 is 17.6 Å². The number of para-hydroxylation sites is 2. The van der Waals surface area contributed by atoms with Gasteiger partial charge in [-0.05, 0) is 26.0 Å². The molecule has 3 rings (SSSR count). The molecule has 0 spiro atoms. The Bertz CT molecular complexity index is 1480. The summed E-state index contributed by atoms with van der Waals surface area (Å²) in [6, 6.07) is 6.77. The van der Waals surface area contributed by atoms with E-state index in [2.05, 4.69) is 0 Å². The number of carbonyl (C=O) groups excluding carboxylic acids is 1. The van der Waals surface area contributed by atoms with E-state index in [0.29, 0.717) is 12.1 Å². The van der Waals surface area contributed by atoms with Crippen LogP contribution in [0.3, 0.4) is 0 Å². The molecule has 2 aromatic carbocycles. The van der Waals surface area contributed by atoms with Gasteiger partial charge in [0.25, 0.3) is 5.56 Å². The van der Waals surface area contributed by atoms with E-state index in [4.69, 9.17) is 9.47 Å². The van der Waals surface area contributed by atoms with Crippen molar-refractivity contribution >= 4 is 11.5 Å². The van der Waals surface area contributed by atoms with Crippen LogP contribution in [0, 0.1) is 15.9 Å². The first-order chi connectivity index (χ1) is 16.7. The number of nitro groups is 1. The second-order valence-corrected chi connectivity index (χ2v) is 7.49. The molecule has 1 heterocycles. The minimum absolute atomic E-state index is 0.0111. The SMILES string of the molecule is CC(=O)C(C)Oc1ccccc1Oc1cc(-n2c(=O)cc(C(F)(F)F)n(C)c2=O)c(F)cc1[N+](=O)[O-]. The highest BCUT2D eigenvalue weighted by atomic mass is 19.4. The molecule has 10 nitrogen and oxygen atoms in total. The predicted octanol–water partition coefficient (Wildman–Crippen LogP) is 3.75. The van der Waals surface area contributed by atoms with Crippen LogP contribution in [0.1, 0.15) is 19.5 Å². The molecule has 0 aliphatic heterocycles. The fourth-order valence-corrected chi connectivity index (χ4v) is 3.07. The van der Waals surface area contributed by atoms with Crippen molar-refractivity contribution in [3.63, 3.8) is 0 Å². The molecule has 0 bridgehead atoms. The Kier molecular flexibility index (Phi) is 6.99. The molecule has 0 saturated heterocycles. The number of alkyl halides is 3. The van der Waals surface area contributed by atoms with Gasteiger partial charge in [0.05, 0.1) is 16.7 Å². The van der Waals surface area contributed by atoms with Crippen molar-refractivity contribution in [3.8, 4) is 22.9 Å². The molecule has 0 N–H and O–H groups in total. The highest BCUT2D eigenvalue weighted by Crippen LogP contribution is 2.38. The summed E-state index contributed by atoms with van der Waals surface area (Å²) in [5.74, 6) is -2.58. The van der Waals surface area contributed by atoms with Crippen LogP contribution in [0.5, 0.6) is 17.2 Å². The van der Waals surface area contributed by atoms with Crippen molar-refractivity contribution in [2.45, 2.75) is 26.1 Å². The Hall–Kier alpha value is -4.49. The summed E-state index contributed by atoms with van der Waals surface area (Å²) >= 11 is 0. The maximum absolute atomic E-state index is 14.8. The van der Waals surface area contributed by atoms with Crippen LogP contribution in [-0.2, 0) is 18.0 Å². The zero-order valence-electron chi connectivity index (χ0n) is 18.8. The second-order valence-electron chi connectivity index (χ2n) is 7.49. The van der Waals surface area contributed by atoms with Crippen LogP contribution in [0.25, 0.3) is 5.69 Å². The maximum Gasteiger partial charge on any atom is 0.431 e. The number of ether oxygens (including phenoxy) is 2. The summed E-state index contributed by atoms with van der Waals surface area (Å²) in [4.78, 5) is 47.0. The third-order valence-electron chi connectivity index (χ3n) is 5.02. The van der Waals surface area contributed by atoms with E-state index in [1.807, 2.05) is 0 Å². The third-order valence-corrected chi connectivity index (χ3v) is 5.02. The van der Waals surface area contributed by atoms with Crippen LogP contribution in [0.15, 0.2) is 52.1 Å². The van der Waals surface area contributed by atoms with E-state index in [1.165, 1.54) is 38.1 Å². The number of rotatable bonds is 7. The Morgan fingerprint density at radius 3 is 2.25 bits per heavy atom. The summed E-state index contributed by atoms with van der Waals surface area (Å²) in [5.41, 5.74) is -6.44. The largest absolute Gasteiger partial charge is 0.479 e. The van der Waals surface area contributed by atoms with Gasteiger partial charge in [-0.15, -0.1) is 0 Å². The smallest absolute Gasteiger partial charge is 0.431 e. The first-order valence-electron chi connectivity index (χ1n) is 10.0. The molecule has 0 radical (unpaired) electrons. The number of Topliss-reactive ketones (excluding diaryl/α,β-unsaturated/α-hetero) is 1. The van der Waals surface area contributed by atoms with Gasteiger partial charge < -0.3 is 9.47 Å². The van der Waals surface area contributed by atoms with Crippen molar-refractivity contribution in [3.05, 3.63) is 84.9 Å². The van der Waals surface area contributed by atoms with E-state index < -0.39 is 57.1 Å². The lowest BCUT2D eigenvalue weighted by molar-refractivity contribution is -0.385. The maximum atomic E-state index is 14.8. The van der Waals surface area contributed by atoms with E-state index in [-0.39, 0.29) is 32.5 Å². The van der Waals surface area contributed by atoms with Crippen LogP contribution in [0.2, 0.25) is 0 Å². The summed E-state index contributed by atoms with van der Waals surface area (Å²) in [6.45, 7) is 2.72. The minimum Gasteiger partial charge on any atom is -0.479 e. The lowest BCUT2D eigenvalue weighted by atomic mass is 10.2. The van der Waals surface area contributed by atoms with Gasteiger partial charge in [-0.25, -0.2) is 13.8 Å². The Morgan fingerprint density at radius 2 is 1.69 bits per heavy atom.